The molecule has 0 bridgehead atoms. The molecule has 0 aromatic carbocycles. The summed E-state index contributed by atoms with van der Waals surface area (Å²) in [4.78, 5) is 13.8. The van der Waals surface area contributed by atoms with E-state index >= 15 is 0 Å². The first-order valence-electron chi connectivity index (χ1n) is 5.61. The molecule has 3 N–H and O–H groups in total. The van der Waals surface area contributed by atoms with Crippen molar-refractivity contribution in [2.75, 3.05) is 24.6 Å². The number of rotatable bonds is 3. The van der Waals surface area contributed by atoms with E-state index < -0.39 is 0 Å². The van der Waals surface area contributed by atoms with Crippen LogP contribution < -0.4 is 11.3 Å². The lowest BCUT2D eigenvalue weighted by atomic mass is 10.2. The van der Waals surface area contributed by atoms with Crippen LogP contribution in [0.4, 0.5) is 0 Å². The maximum Gasteiger partial charge on any atom is 0.268 e. The Balaban J connectivity index is 2.03. The van der Waals surface area contributed by atoms with E-state index in [0.29, 0.717) is 11.3 Å². The average molecular weight is 255 g/mol. The van der Waals surface area contributed by atoms with Gasteiger partial charge in [0.25, 0.3) is 5.91 Å². The number of hydrogen-bond acceptors (Lipinski definition) is 5. The molecule has 1 amide bonds. The van der Waals surface area contributed by atoms with Crippen LogP contribution >= 0.6 is 11.8 Å². The topological polar surface area (TPSA) is 71.5 Å². The zero-order valence-electron chi connectivity index (χ0n) is 9.86. The van der Waals surface area contributed by atoms with Gasteiger partial charge in [0.05, 0.1) is 12.1 Å². The monoisotopic (exact) mass is 255 g/mol. The maximum atomic E-state index is 11.4. The number of furan rings is 1. The summed E-state index contributed by atoms with van der Waals surface area (Å²) < 4.78 is 5.58. The van der Waals surface area contributed by atoms with Gasteiger partial charge in [0, 0.05) is 24.6 Å². The Hall–Kier alpha value is -0.980. The summed E-state index contributed by atoms with van der Waals surface area (Å²) in [6, 6.07) is 1.78. The van der Waals surface area contributed by atoms with Crippen molar-refractivity contribution in [3.05, 3.63) is 23.2 Å². The number of amides is 1. The first kappa shape index (κ1) is 12.5. The Bertz CT molecular complexity index is 399. The van der Waals surface area contributed by atoms with Crippen molar-refractivity contribution < 1.29 is 9.21 Å². The van der Waals surface area contributed by atoms with Crippen LogP contribution in [0.25, 0.3) is 0 Å². The standard InChI is InChI=1S/C11H17N3O2S/c1-8-10(11(15)13-12)6-9(16-8)7-14-2-4-17-5-3-14/h6H,2-5,7,12H2,1H3,(H,13,15). The maximum absolute atomic E-state index is 11.4. The van der Waals surface area contributed by atoms with Crippen LogP contribution in [-0.4, -0.2) is 35.4 Å². The Kier molecular flexibility index (Phi) is 4.09. The molecule has 6 heteroatoms. The Morgan fingerprint density at radius 2 is 2.29 bits per heavy atom. The number of nitrogen functional groups attached to an aromatic ring is 1. The highest BCUT2D eigenvalue weighted by Crippen LogP contribution is 2.18. The van der Waals surface area contributed by atoms with Crippen molar-refractivity contribution in [2.45, 2.75) is 13.5 Å². The van der Waals surface area contributed by atoms with Gasteiger partial charge >= 0.3 is 0 Å². The van der Waals surface area contributed by atoms with E-state index in [-0.39, 0.29) is 5.91 Å². The number of hydrogen-bond donors (Lipinski definition) is 2. The summed E-state index contributed by atoms with van der Waals surface area (Å²) in [5, 5.41) is 0. The lowest BCUT2D eigenvalue weighted by molar-refractivity contribution is 0.0952. The van der Waals surface area contributed by atoms with Crippen LogP contribution in [0.3, 0.4) is 0 Å². The van der Waals surface area contributed by atoms with Crippen molar-refractivity contribution in [3.63, 3.8) is 0 Å². The molecule has 0 saturated carbocycles. The minimum atomic E-state index is -0.299. The van der Waals surface area contributed by atoms with Crippen LogP contribution in [-0.2, 0) is 6.54 Å². The lowest BCUT2D eigenvalue weighted by Crippen LogP contribution is -2.32. The van der Waals surface area contributed by atoms with Crippen LogP contribution in [0, 0.1) is 6.92 Å². The van der Waals surface area contributed by atoms with Crippen LogP contribution in [0.2, 0.25) is 0 Å². The fourth-order valence-electron chi connectivity index (χ4n) is 1.90. The lowest BCUT2D eigenvalue weighted by Gasteiger charge is -2.24. The minimum Gasteiger partial charge on any atom is -0.464 e. The van der Waals surface area contributed by atoms with E-state index in [1.807, 2.05) is 11.8 Å². The molecule has 0 atom stereocenters. The van der Waals surface area contributed by atoms with E-state index in [1.54, 1.807) is 13.0 Å². The Morgan fingerprint density at radius 3 is 2.94 bits per heavy atom. The Morgan fingerprint density at radius 1 is 1.59 bits per heavy atom. The van der Waals surface area contributed by atoms with Gasteiger partial charge in [-0.05, 0) is 13.0 Å². The van der Waals surface area contributed by atoms with Gasteiger partial charge < -0.3 is 4.42 Å². The molecule has 1 aromatic rings. The normalized spacial score (nSPS) is 17.1. The second-order valence-electron chi connectivity index (χ2n) is 4.04. The molecule has 2 heterocycles. The first-order valence-corrected chi connectivity index (χ1v) is 6.76. The second kappa shape index (κ2) is 5.57. The third-order valence-corrected chi connectivity index (χ3v) is 3.77. The predicted octanol–water partition coefficient (Wildman–Crippen LogP) is 0.740. The molecule has 94 valence electrons. The molecular weight excluding hydrogens is 238 g/mol. The van der Waals surface area contributed by atoms with Gasteiger partial charge in [0.2, 0.25) is 0 Å². The highest BCUT2D eigenvalue weighted by Gasteiger charge is 2.17. The number of nitrogens with one attached hydrogen (secondary N) is 1. The minimum absolute atomic E-state index is 0.299. The molecule has 0 spiro atoms. The summed E-state index contributed by atoms with van der Waals surface area (Å²) in [6.45, 7) is 4.69. The number of carbonyl (C=O) groups is 1. The molecular formula is C11H17N3O2S. The third kappa shape index (κ3) is 3.02. The quantitative estimate of drug-likeness (QED) is 0.473. The largest absolute Gasteiger partial charge is 0.464 e. The molecule has 1 saturated heterocycles. The van der Waals surface area contributed by atoms with Gasteiger partial charge in [-0.25, -0.2) is 5.84 Å². The SMILES string of the molecule is Cc1oc(CN2CCSCC2)cc1C(=O)NN. The number of carbonyl (C=O) groups excluding carboxylic acids is 1. The molecule has 1 aliphatic heterocycles. The molecule has 0 aliphatic carbocycles. The van der Waals surface area contributed by atoms with E-state index in [2.05, 4.69) is 10.3 Å². The van der Waals surface area contributed by atoms with Crippen LogP contribution in [0.1, 0.15) is 21.9 Å². The van der Waals surface area contributed by atoms with Crippen molar-refractivity contribution in [3.8, 4) is 0 Å². The van der Waals surface area contributed by atoms with Gasteiger partial charge in [-0.1, -0.05) is 0 Å². The first-order chi connectivity index (χ1) is 8.20. The summed E-state index contributed by atoms with van der Waals surface area (Å²) in [6.07, 6.45) is 0. The second-order valence-corrected chi connectivity index (χ2v) is 5.27. The molecule has 1 fully saturated rings. The highest BCUT2D eigenvalue weighted by molar-refractivity contribution is 7.99. The number of nitrogens with two attached hydrogens (primary N) is 1. The molecule has 2 rings (SSSR count). The van der Waals surface area contributed by atoms with Gasteiger partial charge in [-0.2, -0.15) is 11.8 Å². The van der Waals surface area contributed by atoms with E-state index in [4.69, 9.17) is 10.3 Å². The number of thioether (sulfide) groups is 1. The Labute approximate surface area is 105 Å². The fraction of sp³-hybridized carbons (Fsp3) is 0.545. The summed E-state index contributed by atoms with van der Waals surface area (Å²) >= 11 is 1.97. The van der Waals surface area contributed by atoms with Gasteiger partial charge in [0.1, 0.15) is 11.5 Å². The fourth-order valence-corrected chi connectivity index (χ4v) is 2.88. The average Bonchev–Trinajstić information content (AvgIpc) is 2.70. The summed E-state index contributed by atoms with van der Waals surface area (Å²) in [5.74, 6) is 8.58. The molecule has 5 nitrogen and oxygen atoms in total. The zero-order chi connectivity index (χ0) is 12.3. The summed E-state index contributed by atoms with van der Waals surface area (Å²) in [7, 11) is 0. The van der Waals surface area contributed by atoms with Crippen LogP contribution in [0.15, 0.2) is 10.5 Å². The number of hydrazine groups is 1. The smallest absolute Gasteiger partial charge is 0.268 e. The van der Waals surface area contributed by atoms with Crippen molar-refractivity contribution in [2.24, 2.45) is 5.84 Å². The molecule has 17 heavy (non-hydrogen) atoms. The van der Waals surface area contributed by atoms with Gasteiger partial charge in [0.15, 0.2) is 0 Å². The molecule has 1 aliphatic rings. The third-order valence-electron chi connectivity index (χ3n) is 2.83. The van der Waals surface area contributed by atoms with Gasteiger partial charge in [-0.15, -0.1) is 0 Å². The van der Waals surface area contributed by atoms with Crippen LogP contribution in [0.5, 0.6) is 0 Å². The van der Waals surface area contributed by atoms with Crippen molar-refractivity contribution >= 4 is 17.7 Å². The molecule has 0 unspecified atom stereocenters. The predicted molar refractivity (Wildman–Crippen MR) is 67.7 cm³/mol. The van der Waals surface area contributed by atoms with E-state index in [1.165, 1.54) is 0 Å². The van der Waals surface area contributed by atoms with Gasteiger partial charge in [-0.3, -0.25) is 15.1 Å². The van der Waals surface area contributed by atoms with E-state index in [9.17, 15) is 4.79 Å². The number of nitrogens with zero attached hydrogens (tertiary/aromatic N) is 1. The molecule has 1 aromatic heterocycles. The zero-order valence-corrected chi connectivity index (χ0v) is 10.7. The van der Waals surface area contributed by atoms with E-state index in [0.717, 1.165) is 36.9 Å². The summed E-state index contributed by atoms with van der Waals surface area (Å²) in [5.41, 5.74) is 2.65. The molecule has 0 radical (unpaired) electrons. The highest BCUT2D eigenvalue weighted by atomic mass is 32.2. The van der Waals surface area contributed by atoms with Crippen molar-refractivity contribution in [1.82, 2.24) is 10.3 Å². The van der Waals surface area contributed by atoms with Crippen molar-refractivity contribution in [1.29, 1.82) is 0 Å². The number of aryl methyl sites for hydroxylation is 1.